The van der Waals surface area contributed by atoms with Crippen LogP contribution in [0.25, 0.3) is 0 Å². The lowest BCUT2D eigenvalue weighted by Gasteiger charge is -2.59. The summed E-state index contributed by atoms with van der Waals surface area (Å²) in [5.41, 5.74) is -1.66. The molecule has 0 heterocycles. The van der Waals surface area contributed by atoms with Crippen molar-refractivity contribution >= 4 is 17.5 Å². The van der Waals surface area contributed by atoms with Gasteiger partial charge < -0.3 is 14.9 Å². The Morgan fingerprint density at radius 2 is 1.88 bits per heavy atom. The molecule has 4 fully saturated rings. The normalized spacial score (nSPS) is 44.6. The van der Waals surface area contributed by atoms with Crippen LogP contribution in [0.2, 0.25) is 0 Å². The third-order valence-corrected chi connectivity index (χ3v) is 10.1. The van der Waals surface area contributed by atoms with Crippen LogP contribution in [0.1, 0.15) is 71.6 Å². The molecule has 5 rings (SSSR count). The van der Waals surface area contributed by atoms with Gasteiger partial charge in [0.05, 0.1) is 12.0 Å². The number of Topliss-reactive ketones (excluding diaryl/α,β-unsaturated/α-hetero) is 1. The van der Waals surface area contributed by atoms with Crippen molar-refractivity contribution in [3.8, 4) is 0 Å². The van der Waals surface area contributed by atoms with E-state index in [0.717, 1.165) is 44.1 Å². The average Bonchev–Trinajstić information content (AvgIpc) is 3.39. The smallest absolute Gasteiger partial charge is 0.309 e. The first-order valence-electron chi connectivity index (χ1n) is 12.6. The number of carbonyl (C=O) groups is 3. The molecule has 0 bridgehead atoms. The molecule has 0 aromatic heterocycles. The van der Waals surface area contributed by atoms with Crippen molar-refractivity contribution in [1.82, 2.24) is 0 Å². The van der Waals surface area contributed by atoms with Gasteiger partial charge in [0.2, 0.25) is 5.78 Å². The van der Waals surface area contributed by atoms with Gasteiger partial charge in [0.1, 0.15) is 5.60 Å². The molecule has 0 spiro atoms. The molecule has 0 aromatic rings. The second-order valence-electron chi connectivity index (χ2n) is 11.6. The van der Waals surface area contributed by atoms with E-state index in [1.807, 2.05) is 13.0 Å². The summed E-state index contributed by atoms with van der Waals surface area (Å²) in [7, 11) is 0. The van der Waals surface area contributed by atoms with Crippen molar-refractivity contribution in [3.05, 3.63) is 23.8 Å². The Bertz CT molecular complexity index is 929. The Morgan fingerprint density at radius 1 is 1.15 bits per heavy atom. The summed E-state index contributed by atoms with van der Waals surface area (Å²) in [6.45, 7) is 3.65. The van der Waals surface area contributed by atoms with E-state index < -0.39 is 29.5 Å². The zero-order chi connectivity index (χ0) is 23.6. The van der Waals surface area contributed by atoms with E-state index in [1.165, 1.54) is 0 Å². The zero-order valence-electron chi connectivity index (χ0n) is 19.7. The maximum atomic E-state index is 13.3. The SMILES string of the molecule is C[C@]12C=CC(=O)C=C1CC[C@@H]1[C@@H]2[C@@H](O)C[C@@]2(C)[C@H]1CC[C@]2(O)C(=O)COC(=O)C1CCCC1. The molecule has 0 aromatic carbocycles. The lowest BCUT2D eigenvalue weighted by Crippen LogP contribution is -2.61. The van der Waals surface area contributed by atoms with Gasteiger partial charge in [-0.15, -0.1) is 0 Å². The van der Waals surface area contributed by atoms with E-state index in [-0.39, 0.29) is 40.8 Å². The second kappa shape index (κ2) is 7.88. The van der Waals surface area contributed by atoms with Crippen LogP contribution in [-0.2, 0) is 19.1 Å². The fourth-order valence-corrected chi connectivity index (χ4v) is 8.32. The van der Waals surface area contributed by atoms with Crippen molar-refractivity contribution in [1.29, 1.82) is 0 Å². The van der Waals surface area contributed by atoms with Crippen LogP contribution in [0.5, 0.6) is 0 Å². The summed E-state index contributed by atoms with van der Waals surface area (Å²) in [4.78, 5) is 37.6. The third-order valence-electron chi connectivity index (χ3n) is 10.1. The van der Waals surface area contributed by atoms with Gasteiger partial charge >= 0.3 is 5.97 Å². The molecular weight excluding hydrogens is 420 g/mol. The molecule has 180 valence electrons. The Kier molecular flexibility index (Phi) is 5.48. The largest absolute Gasteiger partial charge is 0.457 e. The first-order chi connectivity index (χ1) is 15.6. The molecule has 5 aliphatic rings. The van der Waals surface area contributed by atoms with Gasteiger partial charge in [-0.1, -0.05) is 38.3 Å². The molecule has 4 saturated carbocycles. The van der Waals surface area contributed by atoms with E-state index in [9.17, 15) is 24.6 Å². The number of fused-ring (bicyclic) bond motifs is 5. The number of hydrogen-bond donors (Lipinski definition) is 2. The molecule has 5 aliphatic carbocycles. The van der Waals surface area contributed by atoms with Gasteiger partial charge in [0, 0.05) is 16.7 Å². The Hall–Kier alpha value is -1.79. The first-order valence-corrected chi connectivity index (χ1v) is 12.6. The van der Waals surface area contributed by atoms with Crippen LogP contribution < -0.4 is 0 Å². The first kappa shape index (κ1) is 23.0. The number of carbonyl (C=O) groups excluding carboxylic acids is 3. The number of ketones is 2. The van der Waals surface area contributed by atoms with E-state index in [4.69, 9.17) is 4.74 Å². The monoisotopic (exact) mass is 456 g/mol. The fourth-order valence-electron chi connectivity index (χ4n) is 8.32. The van der Waals surface area contributed by atoms with E-state index in [0.29, 0.717) is 19.3 Å². The predicted octanol–water partition coefficient (Wildman–Crippen LogP) is 3.30. The maximum absolute atomic E-state index is 13.3. The highest BCUT2D eigenvalue weighted by Crippen LogP contribution is 2.67. The van der Waals surface area contributed by atoms with Crippen molar-refractivity contribution in [2.75, 3.05) is 6.61 Å². The van der Waals surface area contributed by atoms with Crippen LogP contribution in [0.15, 0.2) is 23.8 Å². The topological polar surface area (TPSA) is 101 Å². The number of esters is 1. The summed E-state index contributed by atoms with van der Waals surface area (Å²) >= 11 is 0. The summed E-state index contributed by atoms with van der Waals surface area (Å²) in [5, 5.41) is 23.1. The highest BCUT2D eigenvalue weighted by atomic mass is 16.5. The van der Waals surface area contributed by atoms with E-state index in [2.05, 4.69) is 6.92 Å². The van der Waals surface area contributed by atoms with Crippen LogP contribution in [-0.4, -0.2) is 46.1 Å². The lowest BCUT2D eigenvalue weighted by molar-refractivity contribution is -0.181. The lowest BCUT2D eigenvalue weighted by atomic mass is 9.46. The fraction of sp³-hybridized carbons (Fsp3) is 0.741. The van der Waals surface area contributed by atoms with Crippen molar-refractivity contribution in [2.45, 2.75) is 83.3 Å². The van der Waals surface area contributed by atoms with Gasteiger partial charge in [0.25, 0.3) is 0 Å². The minimum Gasteiger partial charge on any atom is -0.457 e. The zero-order valence-corrected chi connectivity index (χ0v) is 19.7. The molecule has 33 heavy (non-hydrogen) atoms. The number of rotatable bonds is 4. The maximum Gasteiger partial charge on any atom is 0.309 e. The average molecular weight is 457 g/mol. The second-order valence-corrected chi connectivity index (χ2v) is 11.6. The molecular formula is C27H36O6. The number of aliphatic hydroxyl groups is 2. The quantitative estimate of drug-likeness (QED) is 0.630. The number of ether oxygens (including phenoxy) is 1. The summed E-state index contributed by atoms with van der Waals surface area (Å²) in [5.74, 6) is -0.684. The number of hydrogen-bond acceptors (Lipinski definition) is 6. The Morgan fingerprint density at radius 3 is 2.61 bits per heavy atom. The molecule has 2 N–H and O–H groups in total. The predicted molar refractivity (Wildman–Crippen MR) is 121 cm³/mol. The third kappa shape index (κ3) is 3.31. The Labute approximate surface area is 195 Å². The molecule has 0 amide bonds. The number of allylic oxidation sites excluding steroid dienone is 4. The van der Waals surface area contributed by atoms with Crippen LogP contribution in [0.3, 0.4) is 0 Å². The van der Waals surface area contributed by atoms with Gasteiger partial charge in [0.15, 0.2) is 12.4 Å². The van der Waals surface area contributed by atoms with Crippen LogP contribution in [0, 0.1) is 34.5 Å². The molecule has 0 saturated heterocycles. The van der Waals surface area contributed by atoms with Gasteiger partial charge in [-0.3, -0.25) is 14.4 Å². The summed E-state index contributed by atoms with van der Waals surface area (Å²) in [6, 6.07) is 0. The molecule has 6 heteroatoms. The highest BCUT2D eigenvalue weighted by Gasteiger charge is 2.68. The standard InChI is InChI=1S/C27H36O6/c1-25-11-9-18(28)13-17(25)7-8-19-20-10-12-27(32,26(20,2)14-21(29)23(19)25)22(30)15-33-24(31)16-5-3-4-6-16/h9,11,13,16,19-21,23,29,32H,3-8,10,12,14-15H2,1-2H3/t19-,20-,21-,23+,25-,26-,27-/m0/s1. The van der Waals surface area contributed by atoms with Crippen molar-refractivity contribution < 1.29 is 29.3 Å². The minimum atomic E-state index is -1.60. The van der Waals surface area contributed by atoms with E-state index in [1.54, 1.807) is 12.2 Å². The summed E-state index contributed by atoms with van der Waals surface area (Å²) in [6.07, 6.45) is 11.2. The molecule has 0 unspecified atom stereocenters. The number of aliphatic hydroxyl groups excluding tert-OH is 1. The van der Waals surface area contributed by atoms with Crippen LogP contribution in [0.4, 0.5) is 0 Å². The molecule has 7 atom stereocenters. The molecule has 0 aliphatic heterocycles. The van der Waals surface area contributed by atoms with Crippen molar-refractivity contribution in [3.63, 3.8) is 0 Å². The van der Waals surface area contributed by atoms with Crippen LogP contribution >= 0.6 is 0 Å². The minimum absolute atomic E-state index is 0.00375. The molecule has 0 radical (unpaired) electrons. The molecule has 6 nitrogen and oxygen atoms in total. The van der Waals surface area contributed by atoms with Gasteiger partial charge in [-0.2, -0.15) is 0 Å². The highest BCUT2D eigenvalue weighted by molar-refractivity contribution is 6.01. The Balaban J connectivity index is 1.36. The van der Waals surface area contributed by atoms with E-state index >= 15 is 0 Å². The van der Waals surface area contributed by atoms with Gasteiger partial charge in [-0.05, 0) is 68.9 Å². The van der Waals surface area contributed by atoms with Gasteiger partial charge in [-0.25, -0.2) is 0 Å². The summed E-state index contributed by atoms with van der Waals surface area (Å²) < 4.78 is 5.36. The van der Waals surface area contributed by atoms with Crippen molar-refractivity contribution in [2.24, 2.45) is 34.5 Å².